The van der Waals surface area contributed by atoms with Crippen LogP contribution in [-0.4, -0.2) is 193 Å². The molecule has 3 saturated heterocycles. The van der Waals surface area contributed by atoms with E-state index < -0.39 is 124 Å². The Bertz CT molecular complexity index is 1680. The molecule has 3 heterocycles. The van der Waals surface area contributed by atoms with Gasteiger partial charge >= 0.3 is 0 Å². The highest BCUT2D eigenvalue weighted by Gasteiger charge is 2.53. The minimum Gasteiger partial charge on any atom is -0.394 e. The minimum absolute atomic E-state index is 0.228. The predicted octanol–water partition coefficient (Wildman–Crippen LogP) is 6.65. The van der Waals surface area contributed by atoms with Gasteiger partial charge in [-0.05, 0) is 57.8 Å². The molecule has 0 aromatic carbocycles. The van der Waals surface area contributed by atoms with Gasteiger partial charge in [0.15, 0.2) is 18.9 Å². The van der Waals surface area contributed by atoms with Crippen LogP contribution in [0.15, 0.2) is 48.6 Å². The van der Waals surface area contributed by atoms with E-state index in [1.165, 1.54) is 109 Å². The number of aliphatic hydroxyl groups is 11. The van der Waals surface area contributed by atoms with Crippen molar-refractivity contribution in [2.45, 2.75) is 317 Å². The third kappa shape index (κ3) is 29.0. The topological polar surface area (TPSA) is 307 Å². The maximum atomic E-state index is 13.4. The molecule has 3 aliphatic rings. The summed E-state index contributed by atoms with van der Waals surface area (Å²) >= 11 is 0. The summed E-state index contributed by atoms with van der Waals surface area (Å²) in [6, 6.07) is -0.981. The van der Waals surface area contributed by atoms with Gasteiger partial charge in [0, 0.05) is 6.42 Å². The molecule has 0 radical (unpaired) electrons. The molecule has 3 aliphatic heterocycles. The van der Waals surface area contributed by atoms with Crippen LogP contribution in [0.1, 0.15) is 213 Å². The zero-order chi connectivity index (χ0) is 59.7. The third-order valence-corrected chi connectivity index (χ3v) is 15.9. The monoisotopic (exact) mass is 1170 g/mol. The maximum absolute atomic E-state index is 13.4. The number of carbonyl (C=O) groups is 1. The number of unbranched alkanes of at least 4 members (excludes halogenated alkanes) is 25. The quantitative estimate of drug-likeness (QED) is 0.0224. The van der Waals surface area contributed by atoms with E-state index in [4.69, 9.17) is 28.4 Å². The number of hydrogen-bond acceptors (Lipinski definition) is 18. The maximum Gasteiger partial charge on any atom is 0.220 e. The lowest BCUT2D eigenvalue weighted by Crippen LogP contribution is -2.66. The largest absolute Gasteiger partial charge is 0.394 e. The van der Waals surface area contributed by atoms with Crippen LogP contribution in [0.4, 0.5) is 0 Å². The van der Waals surface area contributed by atoms with Crippen molar-refractivity contribution in [3.8, 4) is 0 Å². The number of hydrogen-bond donors (Lipinski definition) is 12. The number of aliphatic hydroxyl groups excluding tert-OH is 11. The van der Waals surface area contributed by atoms with Gasteiger partial charge in [-0.3, -0.25) is 4.79 Å². The Morgan fingerprint density at radius 2 is 0.805 bits per heavy atom. The van der Waals surface area contributed by atoms with Crippen molar-refractivity contribution in [1.29, 1.82) is 0 Å². The molecule has 0 aromatic heterocycles. The Hall–Kier alpha value is -2.25. The van der Waals surface area contributed by atoms with Gasteiger partial charge in [0.25, 0.3) is 0 Å². The first-order chi connectivity index (χ1) is 39.8. The summed E-state index contributed by atoms with van der Waals surface area (Å²) in [5, 5.41) is 120. The van der Waals surface area contributed by atoms with Crippen molar-refractivity contribution in [1.82, 2.24) is 5.32 Å². The van der Waals surface area contributed by atoms with Gasteiger partial charge in [0.05, 0.1) is 38.6 Å². The second-order valence-electron chi connectivity index (χ2n) is 22.9. The van der Waals surface area contributed by atoms with Crippen molar-refractivity contribution in [3.05, 3.63) is 48.6 Å². The van der Waals surface area contributed by atoms with E-state index in [9.17, 15) is 61.0 Å². The summed E-state index contributed by atoms with van der Waals surface area (Å²) in [7, 11) is 0. The molecular formula is C63H113NO18. The van der Waals surface area contributed by atoms with Gasteiger partial charge in [-0.1, -0.05) is 197 Å². The molecule has 82 heavy (non-hydrogen) atoms. The molecule has 12 N–H and O–H groups in total. The molecule has 19 heteroatoms. The normalized spacial score (nSPS) is 29.9. The summed E-state index contributed by atoms with van der Waals surface area (Å²) in [6.07, 6.45) is 25.1. The SMILES string of the molecule is CCCCCCC/C=C\C/C=C\C/C=C\CCCCCCCCC(=O)NC(COC1OC(CO)C(OC2OC(CO)C(OC3OC(CO)C(O)C(O)C3O)C(O)C2O)C(O)C1O)C(O)/C=C/CCCCCCCCCCCCCCCC. The van der Waals surface area contributed by atoms with E-state index in [1.807, 2.05) is 6.08 Å². The average molecular weight is 1170 g/mol. The molecule has 3 rings (SSSR count). The summed E-state index contributed by atoms with van der Waals surface area (Å²) in [5.41, 5.74) is 0. The van der Waals surface area contributed by atoms with Gasteiger partial charge in [0.2, 0.25) is 5.91 Å². The number of ether oxygens (including phenoxy) is 6. The highest BCUT2D eigenvalue weighted by Crippen LogP contribution is 2.33. The first-order valence-electron chi connectivity index (χ1n) is 31.9. The lowest BCUT2D eigenvalue weighted by molar-refractivity contribution is -0.379. The van der Waals surface area contributed by atoms with Crippen LogP contribution in [0, 0.1) is 0 Å². The van der Waals surface area contributed by atoms with Crippen molar-refractivity contribution >= 4 is 5.91 Å². The molecule has 17 unspecified atom stereocenters. The van der Waals surface area contributed by atoms with Crippen LogP contribution < -0.4 is 5.32 Å². The van der Waals surface area contributed by atoms with Gasteiger partial charge < -0.3 is 89.9 Å². The summed E-state index contributed by atoms with van der Waals surface area (Å²) in [6.45, 7) is 1.70. The van der Waals surface area contributed by atoms with Crippen LogP contribution in [0.25, 0.3) is 0 Å². The molecule has 478 valence electrons. The Morgan fingerprint density at radius 1 is 0.439 bits per heavy atom. The second kappa shape index (κ2) is 46.0. The highest BCUT2D eigenvalue weighted by molar-refractivity contribution is 5.76. The fraction of sp³-hybridized carbons (Fsp3) is 0.857. The molecular weight excluding hydrogens is 1060 g/mol. The number of allylic oxidation sites excluding steroid dienone is 7. The van der Waals surface area contributed by atoms with Gasteiger partial charge in [-0.2, -0.15) is 0 Å². The van der Waals surface area contributed by atoms with Crippen LogP contribution in [0.5, 0.6) is 0 Å². The van der Waals surface area contributed by atoms with E-state index in [1.54, 1.807) is 6.08 Å². The Kier molecular flexibility index (Phi) is 41.5. The Balaban J connectivity index is 1.49. The Morgan fingerprint density at radius 3 is 1.26 bits per heavy atom. The summed E-state index contributed by atoms with van der Waals surface area (Å²) < 4.78 is 34.3. The number of nitrogens with one attached hydrogen (secondary N) is 1. The van der Waals surface area contributed by atoms with E-state index in [0.717, 1.165) is 77.0 Å². The predicted molar refractivity (Wildman–Crippen MR) is 314 cm³/mol. The van der Waals surface area contributed by atoms with Crippen molar-refractivity contribution < 1.29 is 89.4 Å². The zero-order valence-corrected chi connectivity index (χ0v) is 50.0. The van der Waals surface area contributed by atoms with Crippen LogP contribution in [-0.2, 0) is 33.2 Å². The highest BCUT2D eigenvalue weighted by atomic mass is 16.8. The van der Waals surface area contributed by atoms with E-state index in [-0.39, 0.29) is 18.9 Å². The van der Waals surface area contributed by atoms with Crippen LogP contribution in [0.2, 0.25) is 0 Å². The first kappa shape index (κ1) is 74.0. The van der Waals surface area contributed by atoms with E-state index >= 15 is 0 Å². The third-order valence-electron chi connectivity index (χ3n) is 15.9. The van der Waals surface area contributed by atoms with Crippen molar-refractivity contribution in [3.63, 3.8) is 0 Å². The lowest BCUT2D eigenvalue weighted by atomic mass is 9.96. The van der Waals surface area contributed by atoms with Crippen molar-refractivity contribution in [2.75, 3.05) is 26.4 Å². The van der Waals surface area contributed by atoms with Crippen LogP contribution in [0.3, 0.4) is 0 Å². The summed E-state index contributed by atoms with van der Waals surface area (Å²) in [5.74, 6) is -0.289. The molecule has 3 fully saturated rings. The minimum atomic E-state index is -1.98. The van der Waals surface area contributed by atoms with Gasteiger partial charge in [-0.25, -0.2) is 0 Å². The average Bonchev–Trinajstić information content (AvgIpc) is 3.40. The lowest BCUT2D eigenvalue weighted by Gasteiger charge is -2.48. The molecule has 0 saturated carbocycles. The molecule has 0 bridgehead atoms. The molecule has 19 nitrogen and oxygen atoms in total. The van der Waals surface area contributed by atoms with E-state index in [0.29, 0.717) is 6.42 Å². The standard InChI is InChI=1S/C63H113NO18/c1-3-5-7-9-11-13-15-17-19-21-22-23-24-25-27-29-31-33-35-37-39-41-51(69)64-46(47(68)40-38-36-34-32-30-28-26-20-18-16-14-12-10-8-6-4-2)45-77-61-57(75)54(72)59(49(43-66)79-61)82-63-58(76)55(73)60(50(44-67)80-63)81-62-56(74)53(71)52(70)48(42-65)78-62/h15,17,21-22,24-25,38,40,46-50,52-63,65-68,70-76H,3-14,16,18-20,23,26-37,39,41-45H2,1-2H3,(H,64,69)/b17-15-,22-21-,25-24-,40-38+. The molecule has 1 amide bonds. The van der Waals surface area contributed by atoms with Gasteiger partial charge in [0.1, 0.15) is 73.2 Å². The summed E-state index contributed by atoms with van der Waals surface area (Å²) in [4.78, 5) is 13.4. The fourth-order valence-corrected chi connectivity index (χ4v) is 10.6. The number of amides is 1. The smallest absolute Gasteiger partial charge is 0.220 e. The molecule has 17 atom stereocenters. The molecule has 0 spiro atoms. The Labute approximate surface area is 491 Å². The first-order valence-corrected chi connectivity index (χ1v) is 31.9. The number of rotatable bonds is 47. The van der Waals surface area contributed by atoms with Crippen molar-refractivity contribution in [2.24, 2.45) is 0 Å². The van der Waals surface area contributed by atoms with Crippen LogP contribution >= 0.6 is 0 Å². The second-order valence-corrected chi connectivity index (χ2v) is 22.9. The van der Waals surface area contributed by atoms with Gasteiger partial charge in [-0.15, -0.1) is 0 Å². The fourth-order valence-electron chi connectivity index (χ4n) is 10.6. The number of carbonyl (C=O) groups excluding carboxylic acids is 1. The molecule has 0 aromatic rings. The zero-order valence-electron chi connectivity index (χ0n) is 50.0. The molecule has 0 aliphatic carbocycles. The van der Waals surface area contributed by atoms with E-state index in [2.05, 4.69) is 55.6 Å².